The summed E-state index contributed by atoms with van der Waals surface area (Å²) in [5, 5.41) is 4.63. The van der Waals surface area contributed by atoms with Gasteiger partial charge in [-0.05, 0) is 59.7 Å². The fourth-order valence-electron chi connectivity index (χ4n) is 2.87. The number of halogens is 2. The Hall–Kier alpha value is -2.91. The Bertz CT molecular complexity index is 1230. The van der Waals surface area contributed by atoms with Gasteiger partial charge in [0.1, 0.15) is 5.75 Å². The van der Waals surface area contributed by atoms with Crippen LogP contribution in [0.1, 0.15) is 11.1 Å². The summed E-state index contributed by atoms with van der Waals surface area (Å²) in [6, 6.07) is 19.7. The number of nitrogens with zero attached hydrogens (tertiary/aromatic N) is 2. The maximum Gasteiger partial charge on any atom is 0.255 e. The zero-order chi connectivity index (χ0) is 23.8. The van der Waals surface area contributed by atoms with Crippen LogP contribution < -0.4 is 10.2 Å². The molecule has 3 rings (SSSR count). The second kappa shape index (κ2) is 11.3. The van der Waals surface area contributed by atoms with E-state index in [1.165, 1.54) is 24.4 Å². The Morgan fingerprint density at radius 1 is 1.06 bits per heavy atom. The number of hydrogen-bond donors (Lipinski definition) is 1. The molecule has 0 fully saturated rings. The van der Waals surface area contributed by atoms with E-state index in [0.29, 0.717) is 21.4 Å². The molecule has 3 aromatic rings. The molecule has 0 spiro atoms. The highest BCUT2D eigenvalue weighted by molar-refractivity contribution is 7.89. The SMILES string of the molecule is COc1ccc(/C=N\NC(=O)CN(Cc2ccc(Cl)cc2Cl)S(=O)(=O)c2ccccc2)cc1. The second-order valence-corrected chi connectivity index (χ2v) is 9.67. The monoisotopic (exact) mass is 505 g/mol. The van der Waals surface area contributed by atoms with Gasteiger partial charge in [0.25, 0.3) is 5.91 Å². The number of benzene rings is 3. The Balaban J connectivity index is 1.78. The number of rotatable bonds is 9. The number of amides is 1. The van der Waals surface area contributed by atoms with Crippen molar-refractivity contribution >= 4 is 45.3 Å². The second-order valence-electron chi connectivity index (χ2n) is 6.89. The third-order valence-electron chi connectivity index (χ3n) is 4.58. The number of ether oxygens (including phenoxy) is 1. The van der Waals surface area contributed by atoms with Crippen molar-refractivity contribution in [3.63, 3.8) is 0 Å². The highest BCUT2D eigenvalue weighted by Gasteiger charge is 2.27. The van der Waals surface area contributed by atoms with Crippen LogP contribution in [0.15, 0.2) is 82.8 Å². The topological polar surface area (TPSA) is 88.1 Å². The van der Waals surface area contributed by atoms with Gasteiger partial charge in [-0.25, -0.2) is 13.8 Å². The number of sulfonamides is 1. The minimum atomic E-state index is -3.99. The molecule has 0 saturated heterocycles. The number of carbonyl (C=O) groups excluding carboxylic acids is 1. The van der Waals surface area contributed by atoms with E-state index in [2.05, 4.69) is 10.5 Å². The van der Waals surface area contributed by atoms with Crippen molar-refractivity contribution in [2.75, 3.05) is 13.7 Å². The van der Waals surface area contributed by atoms with Gasteiger partial charge >= 0.3 is 0 Å². The highest BCUT2D eigenvalue weighted by atomic mass is 35.5. The predicted molar refractivity (Wildman–Crippen MR) is 129 cm³/mol. The van der Waals surface area contributed by atoms with Crippen molar-refractivity contribution in [2.24, 2.45) is 5.10 Å². The van der Waals surface area contributed by atoms with Gasteiger partial charge < -0.3 is 4.74 Å². The standard InChI is InChI=1S/C23H21Cl2N3O4S/c1-32-20-11-7-17(8-12-20)14-26-27-23(29)16-28(15-18-9-10-19(24)13-22(18)25)33(30,31)21-5-3-2-4-6-21/h2-14H,15-16H2,1H3,(H,27,29)/b26-14-. The molecule has 0 saturated carbocycles. The Labute approximate surface area is 202 Å². The van der Waals surface area contributed by atoms with Crippen LogP contribution in [0, 0.1) is 0 Å². The summed E-state index contributed by atoms with van der Waals surface area (Å²) in [5.41, 5.74) is 3.61. The lowest BCUT2D eigenvalue weighted by Gasteiger charge is -2.22. The van der Waals surface area contributed by atoms with Gasteiger partial charge in [0.05, 0.1) is 24.8 Å². The number of hydrogen-bond acceptors (Lipinski definition) is 5. The minimum Gasteiger partial charge on any atom is -0.497 e. The fourth-order valence-corrected chi connectivity index (χ4v) is 4.74. The predicted octanol–water partition coefficient (Wildman–Crippen LogP) is 4.34. The van der Waals surface area contributed by atoms with Crippen molar-refractivity contribution < 1.29 is 17.9 Å². The molecular weight excluding hydrogens is 485 g/mol. The van der Waals surface area contributed by atoms with Crippen molar-refractivity contribution in [1.29, 1.82) is 0 Å². The molecule has 1 N–H and O–H groups in total. The van der Waals surface area contributed by atoms with Gasteiger partial charge in [-0.3, -0.25) is 4.79 Å². The molecule has 0 aromatic heterocycles. The van der Waals surface area contributed by atoms with E-state index < -0.39 is 22.5 Å². The first-order valence-corrected chi connectivity index (χ1v) is 11.9. The average molecular weight is 506 g/mol. The third-order valence-corrected chi connectivity index (χ3v) is 6.97. The van der Waals surface area contributed by atoms with Crippen LogP contribution in [0.2, 0.25) is 10.0 Å². The Morgan fingerprint density at radius 3 is 2.39 bits per heavy atom. The maximum atomic E-state index is 13.2. The lowest BCUT2D eigenvalue weighted by Crippen LogP contribution is -2.39. The van der Waals surface area contributed by atoms with Crippen molar-refractivity contribution in [3.8, 4) is 5.75 Å². The molecule has 3 aromatic carbocycles. The number of methoxy groups -OCH3 is 1. The largest absolute Gasteiger partial charge is 0.497 e. The third kappa shape index (κ3) is 6.79. The molecular formula is C23H21Cl2N3O4S. The number of hydrazone groups is 1. The van der Waals surface area contributed by atoms with E-state index in [1.54, 1.807) is 61.7 Å². The smallest absolute Gasteiger partial charge is 0.255 e. The van der Waals surface area contributed by atoms with Crippen LogP contribution in [0.4, 0.5) is 0 Å². The van der Waals surface area contributed by atoms with E-state index in [9.17, 15) is 13.2 Å². The molecule has 172 valence electrons. The molecule has 0 aliphatic rings. The van der Waals surface area contributed by atoms with Gasteiger partial charge in [0.15, 0.2) is 0 Å². The van der Waals surface area contributed by atoms with Gasteiger partial charge in [-0.1, -0.05) is 47.5 Å². The molecule has 0 aliphatic carbocycles. The Kier molecular flexibility index (Phi) is 8.46. The van der Waals surface area contributed by atoms with Gasteiger partial charge in [-0.2, -0.15) is 9.41 Å². The quantitative estimate of drug-likeness (QED) is 0.346. The molecule has 7 nitrogen and oxygen atoms in total. The first-order chi connectivity index (χ1) is 15.8. The zero-order valence-electron chi connectivity index (χ0n) is 17.6. The lowest BCUT2D eigenvalue weighted by molar-refractivity contribution is -0.121. The van der Waals surface area contributed by atoms with Crippen molar-refractivity contribution in [2.45, 2.75) is 11.4 Å². The first-order valence-electron chi connectivity index (χ1n) is 9.74. The molecule has 0 bridgehead atoms. The van der Waals surface area contributed by atoms with Crippen molar-refractivity contribution in [3.05, 3.63) is 94.0 Å². The molecule has 0 aliphatic heterocycles. The number of carbonyl (C=O) groups is 1. The lowest BCUT2D eigenvalue weighted by atomic mass is 10.2. The van der Waals surface area contributed by atoms with Crippen LogP contribution in [0.25, 0.3) is 0 Å². The van der Waals surface area contributed by atoms with Crippen LogP contribution in [0.3, 0.4) is 0 Å². The van der Waals surface area contributed by atoms with Gasteiger partial charge in [-0.15, -0.1) is 0 Å². The zero-order valence-corrected chi connectivity index (χ0v) is 19.9. The number of nitrogens with one attached hydrogen (secondary N) is 1. The Morgan fingerprint density at radius 2 is 1.76 bits per heavy atom. The van der Waals surface area contributed by atoms with Gasteiger partial charge in [0.2, 0.25) is 10.0 Å². The molecule has 0 radical (unpaired) electrons. The van der Waals surface area contributed by atoms with Crippen LogP contribution in [-0.2, 0) is 21.4 Å². The molecule has 0 heterocycles. The van der Waals surface area contributed by atoms with Crippen LogP contribution in [0.5, 0.6) is 5.75 Å². The van der Waals surface area contributed by atoms with E-state index in [1.807, 2.05) is 0 Å². The summed E-state index contributed by atoms with van der Waals surface area (Å²) in [6.07, 6.45) is 1.45. The summed E-state index contributed by atoms with van der Waals surface area (Å²) < 4.78 is 32.6. The highest BCUT2D eigenvalue weighted by Crippen LogP contribution is 2.25. The molecule has 1 amide bonds. The van der Waals surface area contributed by atoms with Crippen LogP contribution in [-0.4, -0.2) is 38.5 Å². The summed E-state index contributed by atoms with van der Waals surface area (Å²) in [7, 11) is -2.43. The molecule has 0 atom stereocenters. The summed E-state index contributed by atoms with van der Waals surface area (Å²) in [5.74, 6) is 0.0863. The normalized spacial score (nSPS) is 11.6. The average Bonchev–Trinajstić information content (AvgIpc) is 2.81. The van der Waals surface area contributed by atoms with Gasteiger partial charge in [0, 0.05) is 16.6 Å². The summed E-state index contributed by atoms with van der Waals surface area (Å²) in [4.78, 5) is 12.6. The molecule has 33 heavy (non-hydrogen) atoms. The van der Waals surface area contributed by atoms with E-state index >= 15 is 0 Å². The molecule has 10 heteroatoms. The summed E-state index contributed by atoms with van der Waals surface area (Å²) >= 11 is 12.2. The van der Waals surface area contributed by atoms with E-state index in [0.717, 1.165) is 9.87 Å². The van der Waals surface area contributed by atoms with Crippen LogP contribution >= 0.6 is 23.2 Å². The van der Waals surface area contributed by atoms with E-state index in [-0.39, 0.29) is 11.4 Å². The minimum absolute atomic E-state index is 0.0598. The van der Waals surface area contributed by atoms with Crippen molar-refractivity contribution in [1.82, 2.24) is 9.73 Å². The summed E-state index contributed by atoms with van der Waals surface area (Å²) in [6.45, 7) is -0.584. The first kappa shape index (κ1) is 24.7. The fraction of sp³-hybridized carbons (Fsp3) is 0.130. The van der Waals surface area contributed by atoms with E-state index in [4.69, 9.17) is 27.9 Å². The maximum absolute atomic E-state index is 13.2. The molecule has 0 unspecified atom stereocenters.